The van der Waals surface area contributed by atoms with Gasteiger partial charge in [0.25, 0.3) is 5.91 Å². The molecule has 6 heteroatoms. The Morgan fingerprint density at radius 1 is 1.72 bits per heavy atom. The van der Waals surface area contributed by atoms with E-state index in [1.165, 1.54) is 17.6 Å². The average Bonchev–Trinajstić information content (AvgIpc) is 2.80. The minimum Gasteiger partial charge on any atom is -0.370 e. The van der Waals surface area contributed by atoms with Gasteiger partial charge in [-0.05, 0) is 30.4 Å². The normalized spacial score (nSPS) is 19.9. The zero-order valence-corrected chi connectivity index (χ0v) is 12.2. The Labute approximate surface area is 118 Å². The first-order chi connectivity index (χ1) is 8.19. The van der Waals surface area contributed by atoms with E-state index >= 15 is 0 Å². The number of ether oxygens (including phenoxy) is 1. The van der Waals surface area contributed by atoms with Crippen LogP contribution in [0.25, 0.3) is 0 Å². The molecule has 2 heterocycles. The van der Waals surface area contributed by atoms with Gasteiger partial charge in [-0.25, -0.2) is 0 Å². The Kier molecular flexibility index (Phi) is 5.59. The van der Waals surface area contributed by atoms with E-state index in [9.17, 15) is 4.79 Å². The van der Waals surface area contributed by atoms with E-state index in [0.717, 1.165) is 13.0 Å². The van der Waals surface area contributed by atoms with Crippen molar-refractivity contribution in [1.82, 2.24) is 4.90 Å². The molecule has 0 aliphatic carbocycles. The van der Waals surface area contributed by atoms with Crippen molar-refractivity contribution < 1.29 is 9.53 Å². The van der Waals surface area contributed by atoms with Crippen LogP contribution in [0, 0.1) is 0 Å². The maximum atomic E-state index is 12.2. The number of hydrogen-bond donors (Lipinski definition) is 1. The molecule has 1 aliphatic rings. The minimum atomic E-state index is -0.516. The third-order valence-corrected chi connectivity index (χ3v) is 4.33. The molecule has 1 amide bonds. The number of methoxy groups -OCH3 is 1. The Morgan fingerprint density at radius 2 is 2.44 bits per heavy atom. The summed E-state index contributed by atoms with van der Waals surface area (Å²) in [4.78, 5) is 15.5. The molecule has 1 aromatic heterocycles. The summed E-state index contributed by atoms with van der Waals surface area (Å²) in [6.07, 6.45) is 0.419. The van der Waals surface area contributed by atoms with Gasteiger partial charge in [-0.3, -0.25) is 4.79 Å². The molecule has 0 saturated heterocycles. The molecule has 2 atom stereocenters. The summed E-state index contributed by atoms with van der Waals surface area (Å²) in [5.74, 6) is -0.000602. The summed E-state index contributed by atoms with van der Waals surface area (Å²) in [5.41, 5.74) is 6.81. The SMILES string of the molecule is COC(CN)C(=O)N1CCc2sccc2C1C.Cl. The van der Waals surface area contributed by atoms with Crippen molar-refractivity contribution in [2.75, 3.05) is 20.2 Å². The fourth-order valence-electron chi connectivity index (χ4n) is 2.29. The van der Waals surface area contributed by atoms with Gasteiger partial charge < -0.3 is 15.4 Å². The van der Waals surface area contributed by atoms with Crippen LogP contribution in [0.1, 0.15) is 23.4 Å². The second-order valence-electron chi connectivity index (χ2n) is 4.22. The molecule has 2 rings (SSSR count). The highest BCUT2D eigenvalue weighted by Crippen LogP contribution is 2.33. The molecule has 0 bridgehead atoms. The molecule has 1 aliphatic heterocycles. The zero-order valence-electron chi connectivity index (χ0n) is 10.6. The van der Waals surface area contributed by atoms with Crippen molar-refractivity contribution in [3.8, 4) is 0 Å². The van der Waals surface area contributed by atoms with Crippen molar-refractivity contribution >= 4 is 29.7 Å². The van der Waals surface area contributed by atoms with Crippen molar-refractivity contribution in [1.29, 1.82) is 0 Å². The Bertz CT molecular complexity index is 407. The van der Waals surface area contributed by atoms with E-state index in [4.69, 9.17) is 10.5 Å². The lowest BCUT2D eigenvalue weighted by Crippen LogP contribution is -2.47. The Balaban J connectivity index is 0.00000162. The number of halogens is 1. The third-order valence-electron chi connectivity index (χ3n) is 3.33. The fraction of sp³-hybridized carbons (Fsp3) is 0.583. The fourth-order valence-corrected chi connectivity index (χ4v) is 3.26. The molecule has 18 heavy (non-hydrogen) atoms. The molecule has 0 fully saturated rings. The average molecular weight is 291 g/mol. The van der Waals surface area contributed by atoms with E-state index in [0.29, 0.717) is 0 Å². The highest BCUT2D eigenvalue weighted by molar-refractivity contribution is 7.10. The number of nitrogens with two attached hydrogens (primary N) is 1. The first-order valence-electron chi connectivity index (χ1n) is 5.78. The zero-order chi connectivity index (χ0) is 12.4. The number of fused-ring (bicyclic) bond motifs is 1. The summed E-state index contributed by atoms with van der Waals surface area (Å²) in [5, 5.41) is 2.09. The lowest BCUT2D eigenvalue weighted by molar-refractivity contribution is -0.144. The Morgan fingerprint density at radius 3 is 3.06 bits per heavy atom. The van der Waals surface area contributed by atoms with E-state index in [2.05, 4.69) is 18.4 Å². The Hall–Kier alpha value is -0.620. The molecule has 0 aromatic carbocycles. The smallest absolute Gasteiger partial charge is 0.253 e. The second-order valence-corrected chi connectivity index (χ2v) is 5.22. The van der Waals surface area contributed by atoms with Gasteiger partial charge in [-0.15, -0.1) is 23.7 Å². The van der Waals surface area contributed by atoms with E-state index in [1.807, 2.05) is 4.90 Å². The van der Waals surface area contributed by atoms with Crippen molar-refractivity contribution in [2.45, 2.75) is 25.5 Å². The summed E-state index contributed by atoms with van der Waals surface area (Å²) < 4.78 is 5.12. The second kappa shape index (κ2) is 6.52. The maximum absolute atomic E-state index is 12.2. The predicted octanol–water partition coefficient (Wildman–Crippen LogP) is 1.59. The van der Waals surface area contributed by atoms with Gasteiger partial charge in [0.05, 0.1) is 6.04 Å². The molecule has 0 radical (unpaired) electrons. The minimum absolute atomic E-state index is 0. The monoisotopic (exact) mass is 290 g/mol. The molecule has 0 spiro atoms. The number of nitrogens with zero attached hydrogens (tertiary/aromatic N) is 1. The highest BCUT2D eigenvalue weighted by atomic mass is 35.5. The standard InChI is InChI=1S/C12H18N2O2S.ClH/c1-8-9-4-6-17-11(9)3-5-14(8)12(15)10(7-13)16-2;/h4,6,8,10H,3,5,7,13H2,1-2H3;1H. The lowest BCUT2D eigenvalue weighted by atomic mass is 10.0. The quantitative estimate of drug-likeness (QED) is 0.920. The number of rotatable bonds is 3. The van der Waals surface area contributed by atoms with Crippen LogP contribution < -0.4 is 5.73 Å². The van der Waals surface area contributed by atoms with Crippen LogP contribution in [0.5, 0.6) is 0 Å². The third kappa shape index (κ3) is 2.69. The largest absolute Gasteiger partial charge is 0.370 e. The molecule has 2 unspecified atom stereocenters. The molecule has 1 aromatic rings. The lowest BCUT2D eigenvalue weighted by Gasteiger charge is -2.35. The van der Waals surface area contributed by atoms with Gasteiger partial charge in [-0.2, -0.15) is 0 Å². The number of thiophene rings is 1. The maximum Gasteiger partial charge on any atom is 0.253 e. The van der Waals surface area contributed by atoms with Crippen LogP contribution >= 0.6 is 23.7 Å². The van der Waals surface area contributed by atoms with E-state index in [1.54, 1.807) is 11.3 Å². The topological polar surface area (TPSA) is 55.6 Å². The molecule has 102 valence electrons. The van der Waals surface area contributed by atoms with Gasteiger partial charge in [0.2, 0.25) is 0 Å². The highest BCUT2D eigenvalue weighted by Gasteiger charge is 2.31. The summed E-state index contributed by atoms with van der Waals surface area (Å²) in [6, 6.07) is 2.23. The van der Waals surface area contributed by atoms with E-state index in [-0.39, 0.29) is 30.9 Å². The number of hydrogen-bond acceptors (Lipinski definition) is 4. The number of carbonyl (C=O) groups excluding carboxylic acids is 1. The van der Waals surface area contributed by atoms with Crippen LogP contribution in [-0.2, 0) is 16.0 Å². The predicted molar refractivity (Wildman–Crippen MR) is 75.3 cm³/mol. The first kappa shape index (κ1) is 15.4. The molecular formula is C12H19ClN2O2S. The van der Waals surface area contributed by atoms with Gasteiger partial charge in [0, 0.05) is 25.1 Å². The number of amides is 1. The molecule has 2 N–H and O–H groups in total. The summed E-state index contributed by atoms with van der Waals surface area (Å²) in [6.45, 7) is 3.05. The van der Waals surface area contributed by atoms with Crippen LogP contribution in [-0.4, -0.2) is 37.1 Å². The molecular weight excluding hydrogens is 272 g/mol. The van der Waals surface area contributed by atoms with Crippen LogP contribution in [0.2, 0.25) is 0 Å². The van der Waals surface area contributed by atoms with Gasteiger partial charge in [0.15, 0.2) is 0 Å². The molecule has 4 nitrogen and oxygen atoms in total. The summed E-state index contributed by atoms with van der Waals surface area (Å²) in [7, 11) is 1.53. The van der Waals surface area contributed by atoms with Gasteiger partial charge >= 0.3 is 0 Å². The van der Waals surface area contributed by atoms with Crippen molar-refractivity contribution in [3.05, 3.63) is 21.9 Å². The summed E-state index contributed by atoms with van der Waals surface area (Å²) >= 11 is 1.77. The number of carbonyl (C=O) groups is 1. The van der Waals surface area contributed by atoms with Gasteiger partial charge in [-0.1, -0.05) is 0 Å². The van der Waals surface area contributed by atoms with Gasteiger partial charge in [0.1, 0.15) is 6.10 Å². The van der Waals surface area contributed by atoms with E-state index < -0.39 is 6.10 Å². The van der Waals surface area contributed by atoms with Crippen LogP contribution in [0.15, 0.2) is 11.4 Å². The first-order valence-corrected chi connectivity index (χ1v) is 6.66. The van der Waals surface area contributed by atoms with Crippen molar-refractivity contribution in [2.24, 2.45) is 5.73 Å². The van der Waals surface area contributed by atoms with Crippen LogP contribution in [0.3, 0.4) is 0 Å². The van der Waals surface area contributed by atoms with Crippen molar-refractivity contribution in [3.63, 3.8) is 0 Å². The molecule has 0 saturated carbocycles. The van der Waals surface area contributed by atoms with Crippen LogP contribution in [0.4, 0.5) is 0 Å².